The first-order valence-electron chi connectivity index (χ1n) is 2.83. The molecule has 0 saturated carbocycles. The molecule has 1 heterocycles. The van der Waals surface area contributed by atoms with Crippen LogP contribution in [0.2, 0.25) is 0 Å². The summed E-state index contributed by atoms with van der Waals surface area (Å²) in [5.74, 6) is 0. The normalized spacial score (nSPS) is 12.4. The summed E-state index contributed by atoms with van der Waals surface area (Å²) in [6.07, 6.45) is 1.02. The fraction of sp³-hybridized carbons (Fsp3) is 0. The van der Waals surface area contributed by atoms with Crippen LogP contribution in [0.1, 0.15) is 5.56 Å². The number of hydrogen-bond acceptors (Lipinski definition) is 5. The molecule has 0 atom stereocenters. The van der Waals surface area contributed by atoms with Crippen LogP contribution in [0.4, 0.5) is 0 Å². The average molecular weight is 206 g/mol. The molecule has 3 N–H and O–H groups in total. The Bertz CT molecular complexity index is 393. The lowest BCUT2D eigenvalue weighted by molar-refractivity contribution is 0.322. The second-order valence-electron chi connectivity index (χ2n) is 1.95. The number of nitrogens with zero attached hydrogens (tertiary/aromatic N) is 1. The number of hydrogen-bond donors (Lipinski definition) is 2. The molecule has 1 aromatic heterocycles. The summed E-state index contributed by atoms with van der Waals surface area (Å²) < 4.78 is 21.7. The second kappa shape index (κ2) is 3.21. The van der Waals surface area contributed by atoms with Crippen molar-refractivity contribution in [3.05, 3.63) is 17.0 Å². The first-order chi connectivity index (χ1) is 5.55. The van der Waals surface area contributed by atoms with E-state index in [0.717, 1.165) is 17.6 Å². The van der Waals surface area contributed by atoms with Gasteiger partial charge >= 0.3 is 0 Å². The molecule has 1 aromatic rings. The smallest absolute Gasteiger partial charge is 0.248 e. The molecule has 0 amide bonds. The minimum absolute atomic E-state index is 0.000278. The van der Waals surface area contributed by atoms with E-state index in [9.17, 15) is 8.42 Å². The molecule has 0 radical (unpaired) electrons. The van der Waals surface area contributed by atoms with Crippen LogP contribution in [0.5, 0.6) is 0 Å². The van der Waals surface area contributed by atoms with Gasteiger partial charge in [0.25, 0.3) is 0 Å². The minimum atomic E-state index is -3.70. The Morgan fingerprint density at radius 3 is 2.83 bits per heavy atom. The number of nitrogens with two attached hydrogens (primary N) is 1. The van der Waals surface area contributed by atoms with E-state index in [1.165, 1.54) is 6.07 Å². The van der Waals surface area contributed by atoms with Crippen LogP contribution >= 0.6 is 11.3 Å². The van der Waals surface area contributed by atoms with Crippen LogP contribution < -0.4 is 5.14 Å². The van der Waals surface area contributed by atoms with Crippen molar-refractivity contribution in [3.8, 4) is 0 Å². The number of primary sulfonamides is 1. The Morgan fingerprint density at radius 1 is 1.67 bits per heavy atom. The zero-order valence-electron chi connectivity index (χ0n) is 5.84. The Hall–Kier alpha value is -0.920. The highest BCUT2D eigenvalue weighted by Gasteiger charge is 2.13. The molecule has 66 valence electrons. The van der Waals surface area contributed by atoms with Gasteiger partial charge in [-0.15, -0.1) is 11.3 Å². The summed E-state index contributed by atoms with van der Waals surface area (Å²) in [7, 11) is -3.70. The van der Waals surface area contributed by atoms with E-state index in [2.05, 4.69) is 5.16 Å². The maximum atomic E-state index is 10.8. The van der Waals surface area contributed by atoms with Gasteiger partial charge in [-0.1, -0.05) is 5.16 Å². The van der Waals surface area contributed by atoms with E-state index < -0.39 is 10.0 Å². The molecule has 0 aliphatic rings. The van der Waals surface area contributed by atoms with E-state index in [-0.39, 0.29) is 4.21 Å². The Morgan fingerprint density at radius 2 is 2.33 bits per heavy atom. The lowest BCUT2D eigenvalue weighted by Gasteiger charge is -1.92. The van der Waals surface area contributed by atoms with Gasteiger partial charge in [-0.2, -0.15) is 0 Å². The zero-order valence-corrected chi connectivity index (χ0v) is 7.47. The van der Waals surface area contributed by atoms with Crippen LogP contribution in [-0.2, 0) is 10.0 Å². The summed E-state index contributed by atoms with van der Waals surface area (Å²) in [6, 6.07) is 1.50. The molecule has 1 rings (SSSR count). The van der Waals surface area contributed by atoms with Gasteiger partial charge in [-0.3, -0.25) is 0 Å². The quantitative estimate of drug-likeness (QED) is 0.411. The monoisotopic (exact) mass is 206 g/mol. The summed E-state index contributed by atoms with van der Waals surface area (Å²) in [5.41, 5.74) is 0.296. The lowest BCUT2D eigenvalue weighted by Crippen LogP contribution is -2.12. The molecule has 0 unspecified atom stereocenters. The summed E-state index contributed by atoms with van der Waals surface area (Å²) in [4.78, 5) is 0. The SMILES string of the molecule is NS(=O)(=O)c1sccc1C=NO. The van der Waals surface area contributed by atoms with Crippen molar-refractivity contribution in [2.45, 2.75) is 4.21 Å². The summed E-state index contributed by atoms with van der Waals surface area (Å²) in [5, 5.41) is 17.3. The standard InChI is InChI=1S/C5H6N2O3S2/c6-12(9,10)5-4(3-7-8)1-2-11-5/h1-3,8H,(H2,6,9,10). The molecule has 0 bridgehead atoms. The van der Waals surface area contributed by atoms with Crippen LogP contribution in [0.15, 0.2) is 20.8 Å². The molecule has 0 aliphatic heterocycles. The average Bonchev–Trinajstić information content (AvgIpc) is 2.34. The Balaban J connectivity index is 3.26. The van der Waals surface area contributed by atoms with Crippen molar-refractivity contribution in [1.82, 2.24) is 0 Å². The molecule has 0 aliphatic carbocycles. The minimum Gasteiger partial charge on any atom is -0.411 e. The van der Waals surface area contributed by atoms with Crippen molar-refractivity contribution in [2.24, 2.45) is 10.3 Å². The van der Waals surface area contributed by atoms with E-state index in [1.54, 1.807) is 5.38 Å². The van der Waals surface area contributed by atoms with Crippen molar-refractivity contribution < 1.29 is 13.6 Å². The van der Waals surface area contributed by atoms with Crippen LogP contribution in [-0.4, -0.2) is 19.8 Å². The molecule has 0 fully saturated rings. The third kappa shape index (κ3) is 1.81. The molecular formula is C5H6N2O3S2. The number of thiophene rings is 1. The van der Waals surface area contributed by atoms with Gasteiger partial charge in [0.1, 0.15) is 4.21 Å². The predicted octanol–water partition coefficient (Wildman–Crippen LogP) is 0.204. The zero-order chi connectivity index (χ0) is 9.19. The topological polar surface area (TPSA) is 92.8 Å². The molecule has 0 spiro atoms. The van der Waals surface area contributed by atoms with E-state index in [4.69, 9.17) is 10.3 Å². The predicted molar refractivity (Wildman–Crippen MR) is 45.1 cm³/mol. The third-order valence-electron chi connectivity index (χ3n) is 1.11. The number of rotatable bonds is 2. The van der Waals surface area contributed by atoms with Crippen molar-refractivity contribution in [3.63, 3.8) is 0 Å². The van der Waals surface area contributed by atoms with Crippen molar-refractivity contribution in [2.75, 3.05) is 0 Å². The van der Waals surface area contributed by atoms with Crippen molar-refractivity contribution >= 4 is 27.6 Å². The molecule has 7 heteroatoms. The van der Waals surface area contributed by atoms with Gasteiger partial charge in [0.2, 0.25) is 10.0 Å². The van der Waals surface area contributed by atoms with E-state index in [1.807, 2.05) is 0 Å². The van der Waals surface area contributed by atoms with Crippen LogP contribution in [0, 0.1) is 0 Å². The maximum absolute atomic E-state index is 10.8. The van der Waals surface area contributed by atoms with E-state index in [0.29, 0.717) is 5.56 Å². The molecule has 0 saturated heterocycles. The first kappa shape index (κ1) is 9.17. The van der Waals surface area contributed by atoms with Gasteiger partial charge in [0.05, 0.1) is 6.21 Å². The highest BCUT2D eigenvalue weighted by atomic mass is 32.2. The van der Waals surface area contributed by atoms with Crippen LogP contribution in [0.3, 0.4) is 0 Å². The second-order valence-corrected chi connectivity index (χ2v) is 4.63. The highest BCUT2D eigenvalue weighted by Crippen LogP contribution is 2.19. The third-order valence-corrected chi connectivity index (χ3v) is 3.57. The van der Waals surface area contributed by atoms with E-state index >= 15 is 0 Å². The molecule has 0 aromatic carbocycles. The summed E-state index contributed by atoms with van der Waals surface area (Å²) >= 11 is 0.981. The number of sulfonamides is 1. The summed E-state index contributed by atoms with van der Waals surface area (Å²) in [6.45, 7) is 0. The Labute approximate surface area is 73.2 Å². The number of oxime groups is 1. The molecule has 12 heavy (non-hydrogen) atoms. The molecular weight excluding hydrogens is 200 g/mol. The highest BCUT2D eigenvalue weighted by molar-refractivity contribution is 7.91. The largest absolute Gasteiger partial charge is 0.411 e. The van der Waals surface area contributed by atoms with Crippen LogP contribution in [0.25, 0.3) is 0 Å². The fourth-order valence-electron chi connectivity index (χ4n) is 0.694. The fourth-order valence-corrected chi connectivity index (χ4v) is 2.44. The van der Waals surface area contributed by atoms with Crippen molar-refractivity contribution in [1.29, 1.82) is 0 Å². The molecule has 5 nitrogen and oxygen atoms in total. The maximum Gasteiger partial charge on any atom is 0.248 e. The van der Waals surface area contributed by atoms with Gasteiger partial charge < -0.3 is 5.21 Å². The van der Waals surface area contributed by atoms with Gasteiger partial charge in [-0.25, -0.2) is 13.6 Å². The first-order valence-corrected chi connectivity index (χ1v) is 5.26. The van der Waals surface area contributed by atoms with Gasteiger partial charge in [0, 0.05) is 5.56 Å². The van der Waals surface area contributed by atoms with Gasteiger partial charge in [-0.05, 0) is 11.4 Å². The lowest BCUT2D eigenvalue weighted by atomic mass is 10.4. The Kier molecular flexibility index (Phi) is 2.46. The van der Waals surface area contributed by atoms with Gasteiger partial charge in [0.15, 0.2) is 0 Å².